The fourth-order valence-electron chi connectivity index (χ4n) is 2.46. The molecular formula is C16H22N2O. The summed E-state index contributed by atoms with van der Waals surface area (Å²) in [5.74, 6) is -0.0242. The van der Waals surface area contributed by atoms with Crippen LogP contribution in [0.15, 0.2) is 42.5 Å². The summed E-state index contributed by atoms with van der Waals surface area (Å²) in [5.41, 5.74) is 3.77. The van der Waals surface area contributed by atoms with E-state index in [1.807, 2.05) is 30.3 Å². The molecule has 0 aromatic heterocycles. The van der Waals surface area contributed by atoms with E-state index in [4.69, 9.17) is 0 Å². The lowest BCUT2D eigenvalue weighted by molar-refractivity contribution is 0.0569. The van der Waals surface area contributed by atoms with Crippen molar-refractivity contribution in [2.24, 2.45) is 0 Å². The molecule has 0 unspecified atom stereocenters. The molecule has 1 aromatic rings. The molecule has 0 radical (unpaired) electrons. The zero-order valence-electron chi connectivity index (χ0n) is 11.7. The summed E-state index contributed by atoms with van der Waals surface area (Å²) in [6.07, 6.45) is 7.58. The van der Waals surface area contributed by atoms with Gasteiger partial charge in [0.2, 0.25) is 0 Å². The normalized spacial score (nSPS) is 23.3. The third-order valence-electron chi connectivity index (χ3n) is 3.52. The molecule has 0 fully saturated rings. The van der Waals surface area contributed by atoms with Crippen molar-refractivity contribution in [1.29, 1.82) is 0 Å². The van der Waals surface area contributed by atoms with Gasteiger partial charge >= 0.3 is 0 Å². The zero-order valence-corrected chi connectivity index (χ0v) is 11.7. The molecule has 2 atom stereocenters. The number of hydrazine groups is 1. The number of hydrogen-bond acceptors (Lipinski definition) is 2. The first-order valence-electron chi connectivity index (χ1n) is 7.03. The Bertz CT molecular complexity index is 441. The van der Waals surface area contributed by atoms with Crippen LogP contribution in [-0.4, -0.2) is 23.0 Å². The third kappa shape index (κ3) is 3.44. The lowest BCUT2D eigenvalue weighted by atomic mass is 10.0. The molecule has 0 saturated carbocycles. The Morgan fingerprint density at radius 2 is 2.11 bits per heavy atom. The van der Waals surface area contributed by atoms with E-state index >= 15 is 0 Å². The van der Waals surface area contributed by atoms with E-state index < -0.39 is 0 Å². The van der Waals surface area contributed by atoms with Gasteiger partial charge in [0.15, 0.2) is 0 Å². The Kier molecular flexibility index (Phi) is 4.74. The van der Waals surface area contributed by atoms with Crippen LogP contribution in [0.2, 0.25) is 0 Å². The maximum Gasteiger partial charge on any atom is 0.265 e. The van der Waals surface area contributed by atoms with Crippen LogP contribution >= 0.6 is 0 Å². The molecular weight excluding hydrogens is 236 g/mol. The van der Waals surface area contributed by atoms with Crippen molar-refractivity contribution < 1.29 is 4.79 Å². The molecule has 0 spiro atoms. The summed E-state index contributed by atoms with van der Waals surface area (Å²) in [6.45, 7) is 4.32. The molecule has 0 bridgehead atoms. The van der Waals surface area contributed by atoms with Crippen molar-refractivity contribution in [2.45, 2.75) is 45.2 Å². The van der Waals surface area contributed by atoms with Crippen molar-refractivity contribution in [2.75, 3.05) is 0 Å². The molecule has 1 amide bonds. The smallest absolute Gasteiger partial charge is 0.265 e. The van der Waals surface area contributed by atoms with E-state index in [0.717, 1.165) is 19.3 Å². The number of benzene rings is 1. The predicted octanol–water partition coefficient (Wildman–Crippen LogP) is 3.15. The Labute approximate surface area is 115 Å². The standard InChI is InChI=1S/C16H22N2O/c1-3-8-15-12-7-9-13(2)18(15)17-16(19)14-10-5-4-6-11-14/h4-7,10-13,15H,3,8-9H2,1-2H3,(H,17,19)/t13-,15+/m1/s1. The molecule has 1 aliphatic heterocycles. The van der Waals surface area contributed by atoms with Crippen LogP contribution in [0.3, 0.4) is 0 Å². The summed E-state index contributed by atoms with van der Waals surface area (Å²) >= 11 is 0. The van der Waals surface area contributed by atoms with Gasteiger partial charge in [-0.1, -0.05) is 43.7 Å². The van der Waals surface area contributed by atoms with E-state index in [9.17, 15) is 4.79 Å². The quantitative estimate of drug-likeness (QED) is 0.841. The molecule has 3 nitrogen and oxygen atoms in total. The molecule has 1 aromatic carbocycles. The van der Waals surface area contributed by atoms with Crippen LogP contribution in [0.25, 0.3) is 0 Å². The number of carbonyl (C=O) groups is 1. The van der Waals surface area contributed by atoms with Gasteiger partial charge in [-0.15, -0.1) is 0 Å². The first-order chi connectivity index (χ1) is 9.22. The van der Waals surface area contributed by atoms with Gasteiger partial charge in [-0.05, 0) is 31.9 Å². The maximum atomic E-state index is 12.2. The minimum absolute atomic E-state index is 0.0242. The minimum Gasteiger partial charge on any atom is -0.284 e. The molecule has 102 valence electrons. The molecule has 3 heteroatoms. The van der Waals surface area contributed by atoms with Crippen molar-refractivity contribution in [3.8, 4) is 0 Å². The second-order valence-electron chi connectivity index (χ2n) is 5.08. The summed E-state index contributed by atoms with van der Waals surface area (Å²) in [6, 6.07) is 10.0. The number of nitrogens with one attached hydrogen (secondary N) is 1. The molecule has 1 N–H and O–H groups in total. The Hall–Kier alpha value is -1.61. The van der Waals surface area contributed by atoms with Crippen LogP contribution in [0.4, 0.5) is 0 Å². The van der Waals surface area contributed by atoms with Crippen molar-refractivity contribution >= 4 is 5.91 Å². The lowest BCUT2D eigenvalue weighted by Crippen LogP contribution is -2.53. The summed E-state index contributed by atoms with van der Waals surface area (Å²) in [4.78, 5) is 12.2. The number of rotatable bonds is 4. The Morgan fingerprint density at radius 1 is 1.37 bits per heavy atom. The van der Waals surface area contributed by atoms with E-state index in [2.05, 4.69) is 36.4 Å². The van der Waals surface area contributed by atoms with Gasteiger partial charge in [0.1, 0.15) is 0 Å². The molecule has 2 rings (SSSR count). The highest BCUT2D eigenvalue weighted by Crippen LogP contribution is 2.18. The minimum atomic E-state index is -0.0242. The van der Waals surface area contributed by atoms with Crippen molar-refractivity contribution in [3.63, 3.8) is 0 Å². The molecule has 19 heavy (non-hydrogen) atoms. The number of carbonyl (C=O) groups excluding carboxylic acids is 1. The first kappa shape index (κ1) is 13.8. The van der Waals surface area contributed by atoms with Crippen LogP contribution < -0.4 is 5.43 Å². The van der Waals surface area contributed by atoms with Crippen molar-refractivity contribution in [3.05, 3.63) is 48.0 Å². The number of hydrogen-bond donors (Lipinski definition) is 1. The maximum absolute atomic E-state index is 12.2. The van der Waals surface area contributed by atoms with E-state index in [0.29, 0.717) is 17.6 Å². The number of nitrogens with zero attached hydrogens (tertiary/aromatic N) is 1. The highest BCUT2D eigenvalue weighted by atomic mass is 16.2. The van der Waals surface area contributed by atoms with Crippen LogP contribution in [0.1, 0.15) is 43.5 Å². The van der Waals surface area contributed by atoms with Crippen molar-refractivity contribution in [1.82, 2.24) is 10.4 Å². The fourth-order valence-corrected chi connectivity index (χ4v) is 2.46. The third-order valence-corrected chi connectivity index (χ3v) is 3.52. The Balaban J connectivity index is 2.07. The van der Waals surface area contributed by atoms with Crippen LogP contribution in [0.5, 0.6) is 0 Å². The highest BCUT2D eigenvalue weighted by Gasteiger charge is 2.25. The monoisotopic (exact) mass is 258 g/mol. The fraction of sp³-hybridized carbons (Fsp3) is 0.438. The average Bonchev–Trinajstić information content (AvgIpc) is 2.44. The first-order valence-corrected chi connectivity index (χ1v) is 7.03. The van der Waals surface area contributed by atoms with Gasteiger partial charge in [-0.25, -0.2) is 5.01 Å². The SMILES string of the molecule is CCC[C@H]1C=CC[C@@H](C)N1NC(=O)c1ccccc1. The van der Waals surface area contributed by atoms with E-state index in [1.54, 1.807) is 0 Å². The van der Waals surface area contributed by atoms with Gasteiger partial charge in [-0.2, -0.15) is 0 Å². The topological polar surface area (TPSA) is 32.3 Å². The lowest BCUT2D eigenvalue weighted by Gasteiger charge is -2.37. The van der Waals surface area contributed by atoms with Gasteiger partial charge < -0.3 is 0 Å². The largest absolute Gasteiger partial charge is 0.284 e. The summed E-state index contributed by atoms with van der Waals surface area (Å²) < 4.78 is 0. The van der Waals surface area contributed by atoms with Gasteiger partial charge in [0.25, 0.3) is 5.91 Å². The van der Waals surface area contributed by atoms with Gasteiger partial charge in [-0.3, -0.25) is 10.2 Å². The Morgan fingerprint density at radius 3 is 2.79 bits per heavy atom. The summed E-state index contributed by atoms with van der Waals surface area (Å²) in [5, 5.41) is 2.10. The van der Waals surface area contributed by atoms with Crippen LogP contribution in [0, 0.1) is 0 Å². The van der Waals surface area contributed by atoms with E-state index in [1.165, 1.54) is 0 Å². The number of amides is 1. The zero-order chi connectivity index (χ0) is 13.7. The van der Waals surface area contributed by atoms with Gasteiger partial charge in [0.05, 0.1) is 0 Å². The second kappa shape index (κ2) is 6.53. The summed E-state index contributed by atoms with van der Waals surface area (Å²) in [7, 11) is 0. The average molecular weight is 258 g/mol. The molecule has 0 aliphatic carbocycles. The second-order valence-corrected chi connectivity index (χ2v) is 5.08. The van der Waals surface area contributed by atoms with Crippen LogP contribution in [-0.2, 0) is 0 Å². The van der Waals surface area contributed by atoms with Gasteiger partial charge in [0, 0.05) is 17.6 Å². The highest BCUT2D eigenvalue weighted by molar-refractivity contribution is 5.93. The molecule has 1 heterocycles. The predicted molar refractivity (Wildman–Crippen MR) is 77.7 cm³/mol. The molecule has 0 saturated heterocycles. The van der Waals surface area contributed by atoms with E-state index in [-0.39, 0.29) is 5.91 Å². The molecule has 1 aliphatic rings.